The number of rotatable bonds is 5. The van der Waals surface area contributed by atoms with Crippen molar-refractivity contribution in [3.05, 3.63) is 47.4 Å². The number of hydrogen-bond donors (Lipinski definition) is 2. The average Bonchev–Trinajstić information content (AvgIpc) is 2.84. The van der Waals surface area contributed by atoms with Crippen molar-refractivity contribution in [2.24, 2.45) is 5.73 Å². The zero-order valence-corrected chi connectivity index (χ0v) is 11.8. The second-order valence-electron chi connectivity index (χ2n) is 3.81. The zero-order chi connectivity index (χ0) is 14.5. The van der Waals surface area contributed by atoms with Crippen molar-refractivity contribution in [3.8, 4) is 0 Å². The number of halogens is 1. The minimum Gasteiger partial charge on any atom is -0.440 e. The molecule has 20 heavy (non-hydrogen) atoms. The Hall–Kier alpha value is -1.92. The van der Waals surface area contributed by atoms with E-state index in [1.165, 1.54) is 23.9 Å². The molecule has 3 N–H and O–H groups in total. The minimum absolute atomic E-state index is 0.115. The molecule has 0 radical (unpaired) electrons. The maximum atomic E-state index is 12.0. The van der Waals surface area contributed by atoms with Gasteiger partial charge in [-0.3, -0.25) is 9.59 Å². The molecule has 2 aromatic rings. The summed E-state index contributed by atoms with van der Waals surface area (Å²) in [5.74, 6) is -0.581. The highest BCUT2D eigenvalue weighted by Crippen LogP contribution is 2.27. The van der Waals surface area contributed by atoms with E-state index in [9.17, 15) is 9.59 Å². The van der Waals surface area contributed by atoms with Crippen LogP contribution in [0, 0.1) is 0 Å². The predicted molar refractivity (Wildman–Crippen MR) is 78.0 cm³/mol. The van der Waals surface area contributed by atoms with Crippen molar-refractivity contribution in [2.75, 3.05) is 11.1 Å². The number of hydrogen-bond acceptors (Lipinski definition) is 4. The highest BCUT2D eigenvalue weighted by atomic mass is 35.5. The SMILES string of the molecule is NC(=O)CSc1ccccc1NC(=O)c1ccc(Cl)o1. The third-order valence-electron chi connectivity index (χ3n) is 2.30. The van der Waals surface area contributed by atoms with Crippen LogP contribution >= 0.6 is 23.4 Å². The summed E-state index contributed by atoms with van der Waals surface area (Å²) in [4.78, 5) is 23.5. The number of para-hydroxylation sites is 1. The topological polar surface area (TPSA) is 85.3 Å². The van der Waals surface area contributed by atoms with Gasteiger partial charge in [0.2, 0.25) is 5.91 Å². The van der Waals surface area contributed by atoms with Crippen molar-refractivity contribution in [1.82, 2.24) is 0 Å². The van der Waals surface area contributed by atoms with Crippen LogP contribution < -0.4 is 11.1 Å². The maximum absolute atomic E-state index is 12.0. The number of anilines is 1. The van der Waals surface area contributed by atoms with Crippen molar-refractivity contribution in [3.63, 3.8) is 0 Å². The Morgan fingerprint density at radius 2 is 2.00 bits per heavy atom. The quantitative estimate of drug-likeness (QED) is 0.832. The molecule has 2 amide bonds. The van der Waals surface area contributed by atoms with Crippen LogP contribution in [0.2, 0.25) is 5.22 Å². The number of nitrogens with two attached hydrogens (primary N) is 1. The zero-order valence-electron chi connectivity index (χ0n) is 10.3. The lowest BCUT2D eigenvalue weighted by Gasteiger charge is -2.08. The molecule has 2 rings (SSSR count). The summed E-state index contributed by atoms with van der Waals surface area (Å²) in [5.41, 5.74) is 5.69. The van der Waals surface area contributed by atoms with Gasteiger partial charge in [0.25, 0.3) is 5.91 Å². The molecular formula is C13H11ClN2O3S. The Morgan fingerprint density at radius 1 is 1.25 bits per heavy atom. The largest absolute Gasteiger partial charge is 0.440 e. The van der Waals surface area contributed by atoms with Gasteiger partial charge < -0.3 is 15.5 Å². The fraction of sp³-hybridized carbons (Fsp3) is 0.0769. The molecule has 1 aromatic heterocycles. The summed E-state index contributed by atoms with van der Waals surface area (Å²) in [6.45, 7) is 0. The Labute approximate surface area is 124 Å². The Morgan fingerprint density at radius 3 is 2.65 bits per heavy atom. The summed E-state index contributed by atoms with van der Waals surface area (Å²) in [7, 11) is 0. The third kappa shape index (κ3) is 3.79. The van der Waals surface area contributed by atoms with E-state index in [0.29, 0.717) is 5.69 Å². The fourth-order valence-corrected chi connectivity index (χ4v) is 2.36. The Balaban J connectivity index is 2.12. The van der Waals surface area contributed by atoms with Crippen LogP contribution in [0.5, 0.6) is 0 Å². The van der Waals surface area contributed by atoms with E-state index in [-0.39, 0.29) is 16.7 Å². The van der Waals surface area contributed by atoms with E-state index < -0.39 is 11.8 Å². The number of amides is 2. The first-order valence-corrected chi connectivity index (χ1v) is 6.99. The van der Waals surface area contributed by atoms with Crippen molar-refractivity contribution >= 4 is 40.9 Å². The summed E-state index contributed by atoms with van der Waals surface area (Å²) < 4.78 is 5.03. The Bertz CT molecular complexity index is 642. The van der Waals surface area contributed by atoms with Gasteiger partial charge in [-0.05, 0) is 35.9 Å². The van der Waals surface area contributed by atoms with Gasteiger partial charge in [-0.25, -0.2) is 0 Å². The molecule has 1 aromatic carbocycles. The number of primary amides is 1. The number of thioether (sulfide) groups is 1. The minimum atomic E-state index is -0.422. The van der Waals surface area contributed by atoms with Crippen LogP contribution in [0.3, 0.4) is 0 Å². The number of carbonyl (C=O) groups excluding carboxylic acids is 2. The standard InChI is InChI=1S/C13H11ClN2O3S/c14-11-6-5-9(19-11)13(18)16-8-3-1-2-4-10(8)20-7-12(15)17/h1-6H,7H2,(H2,15,17)(H,16,18). The number of furan rings is 1. The molecule has 104 valence electrons. The van der Waals surface area contributed by atoms with Crippen molar-refractivity contribution in [2.45, 2.75) is 4.90 Å². The average molecular weight is 311 g/mol. The number of carbonyl (C=O) groups is 2. The Kier molecular flexibility index (Phi) is 4.70. The highest BCUT2D eigenvalue weighted by Gasteiger charge is 2.13. The molecule has 0 spiro atoms. The van der Waals surface area contributed by atoms with Gasteiger partial charge in [0.15, 0.2) is 11.0 Å². The molecular weight excluding hydrogens is 300 g/mol. The lowest BCUT2D eigenvalue weighted by molar-refractivity contribution is -0.115. The molecule has 0 saturated carbocycles. The molecule has 1 heterocycles. The lowest BCUT2D eigenvalue weighted by Crippen LogP contribution is -2.14. The predicted octanol–water partition coefficient (Wildman–Crippen LogP) is 2.76. The van der Waals surface area contributed by atoms with Gasteiger partial charge in [0.05, 0.1) is 11.4 Å². The number of nitrogens with one attached hydrogen (secondary N) is 1. The van der Waals surface area contributed by atoms with E-state index in [1.54, 1.807) is 18.2 Å². The first-order valence-electron chi connectivity index (χ1n) is 5.63. The van der Waals surface area contributed by atoms with E-state index in [4.69, 9.17) is 21.8 Å². The van der Waals surface area contributed by atoms with Crippen LogP contribution in [0.15, 0.2) is 45.7 Å². The van der Waals surface area contributed by atoms with E-state index in [1.807, 2.05) is 6.07 Å². The van der Waals surface area contributed by atoms with Crippen molar-refractivity contribution in [1.29, 1.82) is 0 Å². The fourth-order valence-electron chi connectivity index (χ4n) is 1.46. The molecule has 0 fully saturated rings. The monoisotopic (exact) mass is 310 g/mol. The van der Waals surface area contributed by atoms with Crippen LogP contribution in [0.1, 0.15) is 10.6 Å². The second-order valence-corrected chi connectivity index (χ2v) is 5.20. The van der Waals surface area contributed by atoms with E-state index in [2.05, 4.69) is 5.32 Å². The van der Waals surface area contributed by atoms with Crippen LogP contribution in [0.4, 0.5) is 5.69 Å². The molecule has 0 aliphatic carbocycles. The smallest absolute Gasteiger partial charge is 0.291 e. The first-order chi connectivity index (χ1) is 9.56. The lowest BCUT2D eigenvalue weighted by atomic mass is 10.3. The molecule has 0 atom stereocenters. The van der Waals surface area contributed by atoms with E-state index in [0.717, 1.165) is 4.90 Å². The summed E-state index contributed by atoms with van der Waals surface area (Å²) >= 11 is 6.87. The van der Waals surface area contributed by atoms with E-state index >= 15 is 0 Å². The summed E-state index contributed by atoms with van der Waals surface area (Å²) in [6.07, 6.45) is 0. The van der Waals surface area contributed by atoms with Gasteiger partial charge >= 0.3 is 0 Å². The molecule has 0 unspecified atom stereocenters. The van der Waals surface area contributed by atoms with Gasteiger partial charge in [-0.1, -0.05) is 12.1 Å². The van der Waals surface area contributed by atoms with Crippen molar-refractivity contribution < 1.29 is 14.0 Å². The highest BCUT2D eigenvalue weighted by molar-refractivity contribution is 8.00. The normalized spacial score (nSPS) is 10.2. The third-order valence-corrected chi connectivity index (χ3v) is 3.60. The van der Waals surface area contributed by atoms with Gasteiger partial charge in [-0.15, -0.1) is 11.8 Å². The summed E-state index contributed by atoms with van der Waals surface area (Å²) in [5, 5.41) is 2.84. The molecule has 0 saturated heterocycles. The van der Waals surface area contributed by atoms with Gasteiger partial charge in [0, 0.05) is 4.90 Å². The van der Waals surface area contributed by atoms with Crippen LogP contribution in [-0.2, 0) is 4.79 Å². The summed E-state index contributed by atoms with van der Waals surface area (Å²) in [6, 6.07) is 10.1. The molecule has 0 bridgehead atoms. The number of benzene rings is 1. The molecule has 7 heteroatoms. The molecule has 0 aliphatic rings. The second kappa shape index (κ2) is 6.49. The maximum Gasteiger partial charge on any atom is 0.291 e. The molecule has 5 nitrogen and oxygen atoms in total. The van der Waals surface area contributed by atoms with Crippen LogP contribution in [0.25, 0.3) is 0 Å². The van der Waals surface area contributed by atoms with Crippen LogP contribution in [-0.4, -0.2) is 17.6 Å². The molecule has 0 aliphatic heterocycles. The van der Waals surface area contributed by atoms with Gasteiger partial charge in [0.1, 0.15) is 0 Å². The van der Waals surface area contributed by atoms with Gasteiger partial charge in [-0.2, -0.15) is 0 Å². The first kappa shape index (κ1) is 14.5.